The second kappa shape index (κ2) is 7.67. The molecule has 1 rings (SSSR count). The van der Waals surface area contributed by atoms with Gasteiger partial charge in [-0.25, -0.2) is 12.1 Å². The molecule has 0 fully saturated rings. The van der Waals surface area contributed by atoms with Crippen LogP contribution in [0.1, 0.15) is 0 Å². The summed E-state index contributed by atoms with van der Waals surface area (Å²) < 4.78 is 0. The molecule has 0 saturated carbocycles. The zero-order chi connectivity index (χ0) is 6.24. The molecule has 3 heteroatoms. The molecular weight excluding hydrogens is 312 g/mol. The van der Waals surface area contributed by atoms with Gasteiger partial charge in [0, 0.05) is 0 Å². The first-order chi connectivity index (χ1) is 3.91. The molecule has 0 bridgehead atoms. The molecule has 1 aromatic carbocycles. The van der Waals surface area contributed by atoms with Crippen molar-refractivity contribution >= 4 is 18.4 Å². The molecule has 0 N–H and O–H groups in total. The van der Waals surface area contributed by atoms with E-state index in [1.807, 2.05) is 30.3 Å². The van der Waals surface area contributed by atoms with Crippen molar-refractivity contribution in [1.29, 1.82) is 0 Å². The van der Waals surface area contributed by atoms with Crippen molar-refractivity contribution in [2.24, 2.45) is 0 Å². The van der Waals surface area contributed by atoms with E-state index < -0.39 is 17.6 Å². The van der Waals surface area contributed by atoms with Crippen LogP contribution in [0.5, 0.6) is 0 Å². The van der Waals surface area contributed by atoms with Gasteiger partial charge in [0.15, 0.2) is 0 Å². The Labute approximate surface area is 66.1 Å². The summed E-state index contributed by atoms with van der Waals surface area (Å²) >= 11 is -0.889. The van der Waals surface area contributed by atoms with Gasteiger partial charge in [-0.05, 0) is 0 Å². The zero-order valence-electron chi connectivity index (χ0n) is 4.09. The second-order valence-electron chi connectivity index (χ2n) is 1.03. The predicted molar refractivity (Wildman–Crippen MR) is 33.7 cm³/mol. The van der Waals surface area contributed by atoms with E-state index in [1.165, 1.54) is 0 Å². The fourth-order valence-corrected chi connectivity index (χ4v) is 0.321. The Kier molecular flexibility index (Phi) is 8.31. The Bertz CT molecular complexity index is 77.3. The van der Waals surface area contributed by atoms with Crippen LogP contribution < -0.4 is 0 Å². The molecule has 0 aliphatic heterocycles. The van der Waals surface area contributed by atoms with Crippen molar-refractivity contribution in [2.45, 2.75) is 0 Å². The average Bonchev–Trinajstić information content (AvgIpc) is 2.17. The topological polar surface area (TPSA) is 0 Å². The van der Waals surface area contributed by atoms with Crippen LogP contribution in [0.25, 0.3) is 0 Å². The van der Waals surface area contributed by atoms with E-state index in [9.17, 15) is 0 Å². The minimum atomic E-state index is -0.889. The summed E-state index contributed by atoms with van der Waals surface area (Å²) in [6.07, 6.45) is 0. The fourth-order valence-electron chi connectivity index (χ4n) is 0.321. The van der Waals surface area contributed by atoms with Gasteiger partial charge in [-0.3, -0.25) is 0 Å². The molecule has 0 heterocycles. The van der Waals surface area contributed by atoms with Crippen LogP contribution in [0.4, 0.5) is 0 Å². The van der Waals surface area contributed by atoms with Crippen molar-refractivity contribution < 1.29 is 17.6 Å². The first-order valence-electron chi connectivity index (χ1n) is 2.00. The van der Waals surface area contributed by atoms with Gasteiger partial charge in [0.1, 0.15) is 0 Å². The number of halogens is 2. The number of rotatable bonds is 0. The van der Waals surface area contributed by atoms with Gasteiger partial charge in [-0.1, -0.05) is 0 Å². The van der Waals surface area contributed by atoms with Crippen LogP contribution in [0, 0.1) is 0 Å². The smallest absolute Gasteiger partial charge is 0.172 e. The standard InChI is InChI=1S/C5H5.2ClH.Ta/c1-2-4-5-3-1;;;/h1-5H;2*1H;/q-1;;;+2/p-2. The van der Waals surface area contributed by atoms with Crippen molar-refractivity contribution in [3.63, 3.8) is 0 Å². The van der Waals surface area contributed by atoms with Crippen molar-refractivity contribution in [3.05, 3.63) is 30.3 Å². The van der Waals surface area contributed by atoms with E-state index in [-0.39, 0.29) is 0 Å². The van der Waals surface area contributed by atoms with Gasteiger partial charge in [0.25, 0.3) is 0 Å². The zero-order valence-corrected chi connectivity index (χ0v) is 8.82. The molecule has 1 aromatic rings. The van der Waals surface area contributed by atoms with Crippen LogP contribution in [0.3, 0.4) is 0 Å². The molecule has 0 aliphatic rings. The molecule has 0 radical (unpaired) electrons. The van der Waals surface area contributed by atoms with Crippen molar-refractivity contribution in [3.8, 4) is 0 Å². The van der Waals surface area contributed by atoms with E-state index in [2.05, 4.69) is 0 Å². The SMILES string of the molecule is [Cl][Ta][Cl].c1cc[cH-]c1. The average molecular weight is 317 g/mol. The van der Waals surface area contributed by atoms with Gasteiger partial charge in [-0.15, -0.1) is 0 Å². The van der Waals surface area contributed by atoms with E-state index in [0.29, 0.717) is 0 Å². The minimum absolute atomic E-state index is 0.889. The van der Waals surface area contributed by atoms with Crippen molar-refractivity contribution in [1.82, 2.24) is 0 Å². The van der Waals surface area contributed by atoms with Gasteiger partial charge in [-0.2, -0.15) is 18.2 Å². The number of hydrogen-bond acceptors (Lipinski definition) is 0. The molecule has 0 aromatic heterocycles. The normalized spacial score (nSPS) is 6.75. The summed E-state index contributed by atoms with van der Waals surface area (Å²) in [5, 5.41) is 0. The molecular formula is C5H5Cl2Ta-. The summed E-state index contributed by atoms with van der Waals surface area (Å²) in [6.45, 7) is 0. The van der Waals surface area contributed by atoms with Gasteiger partial charge in [0.05, 0.1) is 0 Å². The largest absolute Gasteiger partial charge is 0.214 e. The maximum Gasteiger partial charge on any atom is -0.172 e. The molecule has 0 atom stereocenters. The Morgan fingerprint density at radius 1 is 1.12 bits per heavy atom. The van der Waals surface area contributed by atoms with Gasteiger partial charge < -0.3 is 0 Å². The first kappa shape index (κ1) is 8.67. The van der Waals surface area contributed by atoms with Crippen LogP contribution in [0.15, 0.2) is 30.3 Å². The van der Waals surface area contributed by atoms with E-state index in [4.69, 9.17) is 18.4 Å². The summed E-state index contributed by atoms with van der Waals surface area (Å²) in [5.41, 5.74) is 0. The summed E-state index contributed by atoms with van der Waals surface area (Å²) in [6, 6.07) is 10.0. The Hall–Kier alpha value is 0.670. The quantitative estimate of drug-likeness (QED) is 0.646. The monoisotopic (exact) mass is 316 g/mol. The minimum Gasteiger partial charge on any atom is -0.214 e. The summed E-state index contributed by atoms with van der Waals surface area (Å²) in [5.74, 6) is 0. The number of hydrogen-bond donors (Lipinski definition) is 0. The van der Waals surface area contributed by atoms with Crippen molar-refractivity contribution in [2.75, 3.05) is 0 Å². The molecule has 0 amide bonds. The third-order valence-corrected chi connectivity index (χ3v) is 0.556. The Morgan fingerprint density at radius 3 is 1.62 bits per heavy atom. The van der Waals surface area contributed by atoms with E-state index in [1.54, 1.807) is 0 Å². The van der Waals surface area contributed by atoms with Crippen LogP contribution >= 0.6 is 18.4 Å². The predicted octanol–water partition coefficient (Wildman–Crippen LogP) is 2.78. The molecule has 0 nitrogen and oxygen atoms in total. The second-order valence-corrected chi connectivity index (χ2v) is 5.67. The third-order valence-electron chi connectivity index (χ3n) is 0.556. The summed E-state index contributed by atoms with van der Waals surface area (Å²) in [7, 11) is 9.89. The van der Waals surface area contributed by atoms with E-state index >= 15 is 0 Å². The molecule has 0 spiro atoms. The van der Waals surface area contributed by atoms with Crippen LogP contribution in [0.2, 0.25) is 0 Å². The van der Waals surface area contributed by atoms with Gasteiger partial charge in [0.2, 0.25) is 0 Å². The summed E-state index contributed by atoms with van der Waals surface area (Å²) in [4.78, 5) is 0. The van der Waals surface area contributed by atoms with Gasteiger partial charge >= 0.3 is 36.0 Å². The molecule has 0 aliphatic carbocycles. The maximum atomic E-state index is 4.94. The van der Waals surface area contributed by atoms with Crippen LogP contribution in [-0.2, 0) is 17.6 Å². The molecule has 45 valence electrons. The van der Waals surface area contributed by atoms with Crippen LogP contribution in [-0.4, -0.2) is 0 Å². The maximum absolute atomic E-state index is 4.94. The third kappa shape index (κ3) is 6.67. The Morgan fingerprint density at radius 2 is 1.50 bits per heavy atom. The first-order valence-corrected chi connectivity index (χ1v) is 9.97. The molecule has 8 heavy (non-hydrogen) atoms. The van der Waals surface area contributed by atoms with E-state index in [0.717, 1.165) is 0 Å². The fraction of sp³-hybridized carbons (Fsp3) is 0. The molecule has 0 saturated heterocycles. The molecule has 0 unspecified atom stereocenters. The Balaban J connectivity index is 0.000000145.